The van der Waals surface area contributed by atoms with Crippen molar-refractivity contribution in [3.05, 3.63) is 17.8 Å². The minimum Gasteiger partial charge on any atom is -0.487 e. The molecule has 0 aromatic carbocycles. The van der Waals surface area contributed by atoms with Gasteiger partial charge in [0.15, 0.2) is 11.6 Å². The lowest BCUT2D eigenvalue weighted by Gasteiger charge is -2.17. The molecule has 0 spiro atoms. The minimum atomic E-state index is 0.279. The first-order chi connectivity index (χ1) is 8.21. The summed E-state index contributed by atoms with van der Waals surface area (Å²) in [5.41, 5.74) is 0.997. The number of hydrogen-bond donors (Lipinski definition) is 1. The van der Waals surface area contributed by atoms with Gasteiger partial charge in [0.25, 0.3) is 0 Å². The summed E-state index contributed by atoms with van der Waals surface area (Å²) in [6, 6.07) is 3.95. The fraction of sp³-hybridized carbons (Fsp3) is 0.643. The molecule has 3 nitrogen and oxygen atoms in total. The Morgan fingerprint density at radius 1 is 1.24 bits per heavy atom. The summed E-state index contributed by atoms with van der Waals surface area (Å²) in [6.07, 6.45) is 2.32. The van der Waals surface area contributed by atoms with Crippen LogP contribution in [0.1, 0.15) is 46.2 Å². The summed E-state index contributed by atoms with van der Waals surface area (Å²) < 4.78 is 5.86. The summed E-state index contributed by atoms with van der Waals surface area (Å²) in [7, 11) is 1.86. The van der Waals surface area contributed by atoms with Crippen LogP contribution in [-0.2, 0) is 0 Å². The number of nitrogens with zero attached hydrogens (tertiary/aromatic N) is 1. The lowest BCUT2D eigenvalue weighted by Crippen LogP contribution is -2.15. The average molecular weight is 238 g/mol. The van der Waals surface area contributed by atoms with Gasteiger partial charge in [-0.1, -0.05) is 27.7 Å². The number of ether oxygens (including phenoxy) is 1. The lowest BCUT2D eigenvalue weighted by atomic mass is 10.2. The molecule has 17 heavy (non-hydrogen) atoms. The zero-order chi connectivity index (χ0) is 13.3. The Balaban J connectivity index is 0.00000121. The molecular weight excluding hydrogens is 212 g/mol. The van der Waals surface area contributed by atoms with Crippen LogP contribution < -0.4 is 10.1 Å². The number of nitrogens with one attached hydrogen (secondary N) is 1. The molecule has 1 aromatic heterocycles. The highest BCUT2D eigenvalue weighted by Gasteiger charge is 2.09. The van der Waals surface area contributed by atoms with Crippen molar-refractivity contribution in [3.63, 3.8) is 0 Å². The van der Waals surface area contributed by atoms with E-state index in [1.165, 1.54) is 0 Å². The molecule has 1 N–H and O–H groups in total. The molecule has 0 fully saturated rings. The zero-order valence-corrected chi connectivity index (χ0v) is 12.0. The molecule has 0 unspecified atom stereocenters. The van der Waals surface area contributed by atoms with Crippen LogP contribution >= 0.6 is 0 Å². The fourth-order valence-electron chi connectivity index (χ4n) is 1.45. The van der Waals surface area contributed by atoms with Crippen molar-refractivity contribution in [1.82, 2.24) is 4.98 Å². The lowest BCUT2D eigenvalue weighted by molar-refractivity contribution is 0.193. The summed E-state index contributed by atoms with van der Waals surface area (Å²) in [6.45, 7) is 10.2. The van der Waals surface area contributed by atoms with Crippen LogP contribution in [0.3, 0.4) is 0 Å². The van der Waals surface area contributed by atoms with Crippen LogP contribution in [0.5, 0.6) is 5.75 Å². The summed E-state index contributed by atoms with van der Waals surface area (Å²) >= 11 is 0. The molecule has 0 saturated heterocycles. The molecule has 1 heterocycles. The molecule has 98 valence electrons. The molecular formula is C14H26N2O. The second-order valence-corrected chi connectivity index (χ2v) is 3.61. The van der Waals surface area contributed by atoms with Gasteiger partial charge in [0.1, 0.15) is 0 Å². The summed E-state index contributed by atoms with van der Waals surface area (Å²) in [5, 5.41) is 3.05. The smallest absolute Gasteiger partial charge is 0.168 e. The highest BCUT2D eigenvalue weighted by molar-refractivity contribution is 5.50. The van der Waals surface area contributed by atoms with Gasteiger partial charge in [0, 0.05) is 12.7 Å². The zero-order valence-electron chi connectivity index (χ0n) is 12.0. The van der Waals surface area contributed by atoms with Crippen molar-refractivity contribution in [2.45, 2.75) is 53.6 Å². The molecule has 0 radical (unpaired) electrons. The first-order valence-corrected chi connectivity index (χ1v) is 6.53. The molecule has 1 rings (SSSR count). The van der Waals surface area contributed by atoms with E-state index in [9.17, 15) is 0 Å². The van der Waals surface area contributed by atoms with E-state index in [0.717, 1.165) is 30.1 Å². The third-order valence-electron chi connectivity index (χ3n) is 2.44. The van der Waals surface area contributed by atoms with E-state index in [0.29, 0.717) is 0 Å². The van der Waals surface area contributed by atoms with Crippen LogP contribution in [0.2, 0.25) is 0 Å². The van der Waals surface area contributed by atoms with Crippen LogP contribution in [-0.4, -0.2) is 18.1 Å². The third-order valence-corrected chi connectivity index (χ3v) is 2.44. The first kappa shape index (κ1) is 15.8. The number of aromatic nitrogens is 1. The van der Waals surface area contributed by atoms with Crippen molar-refractivity contribution < 1.29 is 4.74 Å². The van der Waals surface area contributed by atoms with E-state index in [1.54, 1.807) is 0 Å². The van der Waals surface area contributed by atoms with E-state index in [4.69, 9.17) is 4.74 Å². The predicted octanol–water partition coefficient (Wildman–Crippen LogP) is 4.03. The van der Waals surface area contributed by atoms with Crippen molar-refractivity contribution in [3.8, 4) is 5.75 Å². The average Bonchev–Trinajstić information content (AvgIpc) is 2.39. The molecule has 0 aliphatic rings. The Labute approximate surface area is 106 Å². The van der Waals surface area contributed by atoms with Crippen LogP contribution in [0, 0.1) is 6.92 Å². The Bertz CT molecular complexity index is 309. The predicted molar refractivity (Wildman–Crippen MR) is 74.9 cm³/mol. The quantitative estimate of drug-likeness (QED) is 0.841. The monoisotopic (exact) mass is 238 g/mol. The van der Waals surface area contributed by atoms with Gasteiger partial charge in [-0.25, -0.2) is 4.98 Å². The van der Waals surface area contributed by atoms with Gasteiger partial charge in [-0.2, -0.15) is 0 Å². The number of aryl methyl sites for hydroxylation is 1. The van der Waals surface area contributed by atoms with E-state index in [2.05, 4.69) is 24.1 Å². The van der Waals surface area contributed by atoms with E-state index < -0.39 is 0 Å². The Kier molecular flexibility index (Phi) is 8.20. The van der Waals surface area contributed by atoms with Gasteiger partial charge in [-0.15, -0.1) is 0 Å². The van der Waals surface area contributed by atoms with Crippen molar-refractivity contribution in [2.75, 3.05) is 12.4 Å². The maximum absolute atomic E-state index is 5.86. The van der Waals surface area contributed by atoms with Crippen LogP contribution in [0.25, 0.3) is 0 Å². The molecule has 0 atom stereocenters. The largest absolute Gasteiger partial charge is 0.487 e. The standard InChI is InChI=1S/C12H20N2O.C2H6/c1-5-10(6-2)15-11-8-7-9(3)14-12(11)13-4;1-2/h7-8,10H,5-6H2,1-4H3,(H,13,14);1-2H3. The van der Waals surface area contributed by atoms with E-state index in [1.807, 2.05) is 40.0 Å². The molecule has 0 bridgehead atoms. The van der Waals surface area contributed by atoms with Gasteiger partial charge in [0.05, 0.1) is 6.10 Å². The Morgan fingerprint density at radius 3 is 2.29 bits per heavy atom. The molecule has 0 aliphatic heterocycles. The third kappa shape index (κ3) is 5.07. The number of hydrogen-bond acceptors (Lipinski definition) is 3. The summed E-state index contributed by atoms with van der Waals surface area (Å²) in [5.74, 6) is 1.67. The maximum Gasteiger partial charge on any atom is 0.168 e. The van der Waals surface area contributed by atoms with Gasteiger partial charge in [-0.05, 0) is 31.9 Å². The number of pyridine rings is 1. The Morgan fingerprint density at radius 2 is 1.82 bits per heavy atom. The van der Waals surface area contributed by atoms with E-state index >= 15 is 0 Å². The molecule has 1 aromatic rings. The summed E-state index contributed by atoms with van der Waals surface area (Å²) in [4.78, 5) is 4.38. The van der Waals surface area contributed by atoms with E-state index in [-0.39, 0.29) is 6.10 Å². The van der Waals surface area contributed by atoms with Crippen molar-refractivity contribution >= 4 is 5.82 Å². The number of rotatable bonds is 5. The highest BCUT2D eigenvalue weighted by Crippen LogP contribution is 2.24. The van der Waals surface area contributed by atoms with Crippen LogP contribution in [0.15, 0.2) is 12.1 Å². The second kappa shape index (κ2) is 8.85. The van der Waals surface area contributed by atoms with Crippen molar-refractivity contribution in [1.29, 1.82) is 0 Å². The molecule has 3 heteroatoms. The fourth-order valence-corrected chi connectivity index (χ4v) is 1.45. The van der Waals surface area contributed by atoms with Gasteiger partial charge in [0.2, 0.25) is 0 Å². The van der Waals surface area contributed by atoms with Gasteiger partial charge in [-0.3, -0.25) is 0 Å². The Hall–Kier alpha value is -1.25. The molecule has 0 saturated carbocycles. The molecule has 0 aliphatic carbocycles. The second-order valence-electron chi connectivity index (χ2n) is 3.61. The normalized spacial score (nSPS) is 9.59. The number of anilines is 1. The van der Waals surface area contributed by atoms with Gasteiger partial charge < -0.3 is 10.1 Å². The minimum absolute atomic E-state index is 0.279. The highest BCUT2D eigenvalue weighted by atomic mass is 16.5. The van der Waals surface area contributed by atoms with Crippen molar-refractivity contribution in [2.24, 2.45) is 0 Å². The topological polar surface area (TPSA) is 34.1 Å². The van der Waals surface area contributed by atoms with Gasteiger partial charge >= 0.3 is 0 Å². The SMILES string of the molecule is CC.CCC(CC)Oc1ccc(C)nc1NC. The maximum atomic E-state index is 5.86. The molecule has 0 amide bonds. The van der Waals surface area contributed by atoms with Crippen LogP contribution in [0.4, 0.5) is 5.82 Å². The first-order valence-electron chi connectivity index (χ1n) is 6.53.